The van der Waals surface area contributed by atoms with Gasteiger partial charge >= 0.3 is 0 Å². The van der Waals surface area contributed by atoms with Crippen molar-refractivity contribution in [3.8, 4) is 0 Å². The van der Waals surface area contributed by atoms with E-state index in [2.05, 4.69) is 26.0 Å². The normalized spacial score (nSPS) is 13.4. The van der Waals surface area contributed by atoms with E-state index in [0.717, 1.165) is 6.42 Å². The van der Waals surface area contributed by atoms with E-state index >= 15 is 0 Å². The van der Waals surface area contributed by atoms with Gasteiger partial charge in [0.15, 0.2) is 0 Å². The quantitative estimate of drug-likeness (QED) is 0.429. The first-order valence-electron chi connectivity index (χ1n) is 2.55. The largest absolute Gasteiger partial charge is 0.270 e. The van der Waals surface area contributed by atoms with Gasteiger partial charge in [0.05, 0.1) is 0 Å². The van der Waals surface area contributed by atoms with E-state index in [0.29, 0.717) is 0 Å². The summed E-state index contributed by atoms with van der Waals surface area (Å²) in [6.07, 6.45) is 6.41. The molecule has 3 heteroatoms. The van der Waals surface area contributed by atoms with E-state index in [9.17, 15) is 0 Å². The molecule has 0 saturated heterocycles. The van der Waals surface area contributed by atoms with Crippen molar-refractivity contribution < 1.29 is 21.7 Å². The smallest absolute Gasteiger partial charge is 0 e. The molecule has 58 valence electrons. The molecule has 0 aromatic rings. The topological polar surface area (TPSA) is 0 Å². The van der Waals surface area contributed by atoms with Gasteiger partial charge in [-0.3, -0.25) is 6.08 Å². The first-order chi connectivity index (χ1) is 3.30. The second-order valence-corrected chi connectivity index (χ2v) is 1.89. The number of halogens is 2. The monoisotopic (exact) mass is 213 g/mol. The molecule has 10 heavy (non-hydrogen) atoms. The molecule has 0 atom stereocenters. The zero-order chi connectivity index (χ0) is 5.28. The zero-order valence-corrected chi connectivity index (χ0v) is 9.30. The molecule has 0 unspecified atom stereocenters. The maximum Gasteiger partial charge on any atom is 0 e. The molecule has 1 rings (SSSR count). The molecule has 0 nitrogen and oxygen atoms in total. The number of rotatable bonds is 0. The van der Waals surface area contributed by atoms with Gasteiger partial charge in [-0.1, -0.05) is 6.92 Å². The third-order valence-electron chi connectivity index (χ3n) is 1.37. The van der Waals surface area contributed by atoms with E-state index in [-0.39, 0.29) is 46.5 Å². The Balaban J connectivity index is -0.000000163. The zero-order valence-electron chi connectivity index (χ0n) is 6.10. The average Bonchev–Trinajstić information content (AvgIpc) is 1.91. The van der Waals surface area contributed by atoms with Crippen LogP contribution in [0.25, 0.3) is 0 Å². The molecule has 1 aliphatic carbocycles. The molecule has 0 fully saturated rings. The molecule has 0 N–H and O–H groups in total. The summed E-state index contributed by atoms with van der Waals surface area (Å²) in [5.74, 6) is 0. The molecule has 0 amide bonds. The minimum Gasteiger partial charge on any atom is -0.270 e. The first-order valence-corrected chi connectivity index (χ1v) is 2.55. The Morgan fingerprint density at radius 3 is 1.90 bits per heavy atom. The van der Waals surface area contributed by atoms with Gasteiger partial charge < -0.3 is 0 Å². The van der Waals surface area contributed by atoms with Crippen molar-refractivity contribution in [2.24, 2.45) is 0 Å². The fraction of sp³-hybridized carbons (Fsp3) is 0.429. The summed E-state index contributed by atoms with van der Waals surface area (Å²) < 4.78 is 0. The number of hydrogen-bond acceptors (Lipinski definition) is 0. The van der Waals surface area contributed by atoms with Gasteiger partial charge in [-0.05, 0) is 0 Å². The summed E-state index contributed by atoms with van der Waals surface area (Å²) in [5, 5.41) is 0. The Bertz CT molecular complexity index is 123. The van der Waals surface area contributed by atoms with Crippen molar-refractivity contribution in [1.82, 2.24) is 0 Å². The van der Waals surface area contributed by atoms with Gasteiger partial charge in [-0.2, -0.15) is 6.08 Å². The Labute approximate surface area is 89.9 Å². The maximum absolute atomic E-state index is 3.19. The van der Waals surface area contributed by atoms with Gasteiger partial charge in [-0.15, -0.1) is 38.2 Å². The minimum atomic E-state index is 0. The van der Waals surface area contributed by atoms with Crippen LogP contribution in [0, 0.1) is 6.08 Å². The van der Waals surface area contributed by atoms with Crippen molar-refractivity contribution in [3.05, 3.63) is 23.3 Å². The van der Waals surface area contributed by atoms with Crippen LogP contribution in [0.4, 0.5) is 0 Å². The van der Waals surface area contributed by atoms with Gasteiger partial charge in [0.25, 0.3) is 0 Å². The van der Waals surface area contributed by atoms with Gasteiger partial charge in [0.1, 0.15) is 0 Å². The molecular formula is C7H11Cl2Ti-. The van der Waals surface area contributed by atoms with Crippen molar-refractivity contribution in [2.75, 3.05) is 0 Å². The standard InChI is InChI=1S/C7H9.2ClH.Ti/c1-6-4-3-5-7(6)2;;;/h4H,3H2,1-2H3;2*1H;/q-1;;;. The van der Waals surface area contributed by atoms with Crippen molar-refractivity contribution in [2.45, 2.75) is 20.3 Å². The molecule has 0 bridgehead atoms. The fourth-order valence-electron chi connectivity index (χ4n) is 0.650. The molecule has 0 aliphatic heterocycles. The summed E-state index contributed by atoms with van der Waals surface area (Å²) in [7, 11) is 0. The van der Waals surface area contributed by atoms with Crippen LogP contribution in [-0.2, 0) is 21.7 Å². The van der Waals surface area contributed by atoms with Crippen LogP contribution in [0.15, 0.2) is 17.2 Å². The van der Waals surface area contributed by atoms with Gasteiger partial charge in [0.2, 0.25) is 0 Å². The van der Waals surface area contributed by atoms with Gasteiger partial charge in [0, 0.05) is 21.7 Å². The summed E-state index contributed by atoms with van der Waals surface area (Å²) in [6, 6.07) is 0. The first kappa shape index (κ1) is 17.0. The van der Waals surface area contributed by atoms with Crippen molar-refractivity contribution in [3.63, 3.8) is 0 Å². The third kappa shape index (κ3) is 4.57. The van der Waals surface area contributed by atoms with E-state index in [1.54, 1.807) is 0 Å². The molecule has 0 spiro atoms. The van der Waals surface area contributed by atoms with Gasteiger partial charge in [-0.25, -0.2) is 11.1 Å². The molecule has 0 saturated carbocycles. The van der Waals surface area contributed by atoms with E-state index in [4.69, 9.17) is 0 Å². The molecular weight excluding hydrogens is 203 g/mol. The second kappa shape index (κ2) is 7.88. The SMILES string of the molecule is CC1=[C-]CC=C1C.Cl.Cl.[Ti]. The van der Waals surface area contributed by atoms with Crippen LogP contribution in [-0.4, -0.2) is 0 Å². The number of allylic oxidation sites excluding steroid dienone is 4. The predicted molar refractivity (Wildman–Crippen MR) is 45.3 cm³/mol. The Hall–Kier alpha value is 0.774. The average molecular weight is 214 g/mol. The minimum absolute atomic E-state index is 0. The van der Waals surface area contributed by atoms with Crippen LogP contribution in [0.5, 0.6) is 0 Å². The Morgan fingerprint density at radius 2 is 1.80 bits per heavy atom. The van der Waals surface area contributed by atoms with E-state index in [1.165, 1.54) is 11.1 Å². The fourth-order valence-corrected chi connectivity index (χ4v) is 0.650. The Kier molecular flexibility index (Phi) is 13.4. The van der Waals surface area contributed by atoms with E-state index < -0.39 is 0 Å². The summed E-state index contributed by atoms with van der Waals surface area (Å²) in [4.78, 5) is 0. The molecule has 0 aromatic heterocycles. The summed E-state index contributed by atoms with van der Waals surface area (Å²) in [5.41, 5.74) is 2.71. The molecule has 0 heterocycles. The molecule has 0 radical (unpaired) electrons. The second-order valence-electron chi connectivity index (χ2n) is 1.89. The summed E-state index contributed by atoms with van der Waals surface area (Å²) >= 11 is 0. The third-order valence-corrected chi connectivity index (χ3v) is 1.37. The Morgan fingerprint density at radius 1 is 1.30 bits per heavy atom. The van der Waals surface area contributed by atoms with Crippen LogP contribution in [0.1, 0.15) is 20.3 Å². The van der Waals surface area contributed by atoms with Crippen molar-refractivity contribution >= 4 is 24.8 Å². The van der Waals surface area contributed by atoms with Crippen LogP contribution in [0.3, 0.4) is 0 Å². The van der Waals surface area contributed by atoms with Crippen LogP contribution in [0.2, 0.25) is 0 Å². The van der Waals surface area contributed by atoms with E-state index in [1.807, 2.05) is 0 Å². The number of hydrogen-bond donors (Lipinski definition) is 0. The molecule has 1 aliphatic rings. The van der Waals surface area contributed by atoms with Crippen LogP contribution < -0.4 is 0 Å². The summed E-state index contributed by atoms with van der Waals surface area (Å²) in [6.45, 7) is 4.22. The maximum atomic E-state index is 3.19. The predicted octanol–water partition coefficient (Wildman–Crippen LogP) is 2.93. The van der Waals surface area contributed by atoms with Crippen molar-refractivity contribution in [1.29, 1.82) is 0 Å². The van der Waals surface area contributed by atoms with Crippen LogP contribution >= 0.6 is 24.8 Å². The molecule has 0 aromatic carbocycles.